The van der Waals surface area contributed by atoms with Gasteiger partial charge in [0.1, 0.15) is 0 Å². The summed E-state index contributed by atoms with van der Waals surface area (Å²) in [4.78, 5) is 6.11. The lowest BCUT2D eigenvalue weighted by Crippen LogP contribution is -2.17. The second-order valence-electron chi connectivity index (χ2n) is 5.51. The molecule has 0 bridgehead atoms. The van der Waals surface area contributed by atoms with Gasteiger partial charge in [-0.2, -0.15) is 0 Å². The van der Waals surface area contributed by atoms with Gasteiger partial charge in [-0.15, -0.1) is 11.3 Å². The monoisotopic (exact) mass is 288 g/mol. The highest BCUT2D eigenvalue weighted by molar-refractivity contribution is 7.11. The molecule has 0 spiro atoms. The van der Waals surface area contributed by atoms with E-state index in [4.69, 9.17) is 4.98 Å². The second-order valence-corrected chi connectivity index (χ2v) is 6.62. The van der Waals surface area contributed by atoms with Gasteiger partial charge in [-0.1, -0.05) is 36.2 Å². The molecule has 2 nitrogen and oxygen atoms in total. The minimum absolute atomic E-state index is 0.394. The molecule has 3 heteroatoms. The molecule has 0 saturated carbocycles. The van der Waals surface area contributed by atoms with E-state index in [0.29, 0.717) is 6.04 Å². The van der Waals surface area contributed by atoms with Crippen molar-refractivity contribution in [1.82, 2.24) is 10.3 Å². The molecule has 0 aliphatic heterocycles. The number of thiazole rings is 1. The maximum atomic E-state index is 4.75. The highest BCUT2D eigenvalue weighted by Gasteiger charge is 2.13. The molecule has 0 aliphatic carbocycles. The first-order chi connectivity index (χ1) is 9.49. The predicted molar refractivity (Wildman–Crippen MR) is 87.7 cm³/mol. The molecule has 20 heavy (non-hydrogen) atoms. The van der Waals surface area contributed by atoms with Gasteiger partial charge in [0.25, 0.3) is 0 Å². The van der Waals surface area contributed by atoms with Crippen molar-refractivity contribution in [2.24, 2.45) is 0 Å². The predicted octanol–water partition coefficient (Wildman–Crippen LogP) is 4.33. The highest BCUT2D eigenvalue weighted by atomic mass is 32.1. The zero-order valence-corrected chi connectivity index (χ0v) is 13.9. The standard InChI is InChI=1S/C17H24N2S/c1-6-18-13(4)17-14(5)19-16(20-17)10-15-8-11(2)7-12(3)9-15/h7-9,13,18H,6,10H2,1-5H3. The zero-order valence-electron chi connectivity index (χ0n) is 13.1. The molecule has 108 valence electrons. The quantitative estimate of drug-likeness (QED) is 0.886. The normalized spacial score (nSPS) is 12.7. The third-order valence-corrected chi connectivity index (χ3v) is 4.76. The summed E-state index contributed by atoms with van der Waals surface area (Å²) in [6.07, 6.45) is 0.937. The van der Waals surface area contributed by atoms with Gasteiger partial charge >= 0.3 is 0 Å². The van der Waals surface area contributed by atoms with E-state index in [1.165, 1.54) is 32.3 Å². The zero-order chi connectivity index (χ0) is 14.7. The van der Waals surface area contributed by atoms with Gasteiger partial charge in [0.05, 0.1) is 10.7 Å². The Labute approximate surface area is 126 Å². The van der Waals surface area contributed by atoms with Gasteiger partial charge in [-0.05, 0) is 39.8 Å². The second kappa shape index (κ2) is 6.51. The Morgan fingerprint density at radius 1 is 1.15 bits per heavy atom. The SMILES string of the molecule is CCNC(C)c1sc(Cc2cc(C)cc(C)c2)nc1C. The van der Waals surface area contributed by atoms with Gasteiger partial charge in [0.15, 0.2) is 0 Å². The van der Waals surface area contributed by atoms with Gasteiger partial charge in [-0.3, -0.25) is 0 Å². The smallest absolute Gasteiger partial charge is 0.0975 e. The lowest BCUT2D eigenvalue weighted by atomic mass is 10.1. The average Bonchev–Trinajstić information content (AvgIpc) is 2.69. The van der Waals surface area contributed by atoms with E-state index in [1.54, 1.807) is 0 Å². The van der Waals surface area contributed by atoms with Crippen molar-refractivity contribution in [2.45, 2.75) is 47.1 Å². The van der Waals surface area contributed by atoms with Gasteiger partial charge < -0.3 is 5.32 Å². The van der Waals surface area contributed by atoms with Crippen LogP contribution in [0.5, 0.6) is 0 Å². The van der Waals surface area contributed by atoms with E-state index in [-0.39, 0.29) is 0 Å². The van der Waals surface area contributed by atoms with Crippen LogP contribution in [0.2, 0.25) is 0 Å². The molecule has 1 heterocycles. The Kier molecular flexibility index (Phi) is 4.95. The number of hydrogen-bond acceptors (Lipinski definition) is 3. The van der Waals surface area contributed by atoms with Crippen LogP contribution in [-0.2, 0) is 6.42 Å². The van der Waals surface area contributed by atoms with Crippen molar-refractivity contribution in [3.63, 3.8) is 0 Å². The first kappa shape index (κ1) is 15.2. The summed E-state index contributed by atoms with van der Waals surface area (Å²) in [6.45, 7) is 11.8. The van der Waals surface area contributed by atoms with Crippen molar-refractivity contribution in [2.75, 3.05) is 6.54 Å². The van der Waals surface area contributed by atoms with Gasteiger partial charge in [-0.25, -0.2) is 4.98 Å². The molecule has 0 amide bonds. The van der Waals surface area contributed by atoms with Crippen LogP contribution in [0, 0.1) is 20.8 Å². The minimum Gasteiger partial charge on any atom is -0.310 e. The van der Waals surface area contributed by atoms with E-state index < -0.39 is 0 Å². The van der Waals surface area contributed by atoms with E-state index >= 15 is 0 Å². The minimum atomic E-state index is 0.394. The summed E-state index contributed by atoms with van der Waals surface area (Å²) in [5.74, 6) is 0. The maximum Gasteiger partial charge on any atom is 0.0975 e. The Morgan fingerprint density at radius 3 is 2.40 bits per heavy atom. The van der Waals surface area contributed by atoms with Crippen LogP contribution in [0.25, 0.3) is 0 Å². The third-order valence-electron chi connectivity index (χ3n) is 3.42. The number of benzene rings is 1. The fourth-order valence-electron chi connectivity index (χ4n) is 2.69. The van der Waals surface area contributed by atoms with Crippen LogP contribution in [0.1, 0.15) is 52.2 Å². The number of nitrogens with zero attached hydrogens (tertiary/aromatic N) is 1. The van der Waals surface area contributed by atoms with Crippen LogP contribution in [0.4, 0.5) is 0 Å². The van der Waals surface area contributed by atoms with E-state index in [1.807, 2.05) is 11.3 Å². The van der Waals surface area contributed by atoms with E-state index in [9.17, 15) is 0 Å². The summed E-state index contributed by atoms with van der Waals surface area (Å²) in [7, 11) is 0. The summed E-state index contributed by atoms with van der Waals surface area (Å²) in [6, 6.07) is 7.13. The largest absolute Gasteiger partial charge is 0.310 e. The lowest BCUT2D eigenvalue weighted by Gasteiger charge is -2.09. The number of nitrogens with one attached hydrogen (secondary N) is 1. The van der Waals surface area contributed by atoms with Crippen molar-refractivity contribution in [1.29, 1.82) is 0 Å². The average molecular weight is 288 g/mol. The number of rotatable bonds is 5. The van der Waals surface area contributed by atoms with Gasteiger partial charge in [0.2, 0.25) is 0 Å². The first-order valence-corrected chi connectivity index (χ1v) is 8.08. The lowest BCUT2D eigenvalue weighted by molar-refractivity contribution is 0.603. The van der Waals surface area contributed by atoms with Gasteiger partial charge in [0, 0.05) is 17.3 Å². The molecule has 0 fully saturated rings. The van der Waals surface area contributed by atoms with Crippen LogP contribution in [-0.4, -0.2) is 11.5 Å². The Hall–Kier alpha value is -1.19. The van der Waals surface area contributed by atoms with Crippen LogP contribution < -0.4 is 5.32 Å². The van der Waals surface area contributed by atoms with E-state index in [2.05, 4.69) is 58.1 Å². The molecule has 1 aromatic heterocycles. The summed E-state index contributed by atoms with van der Waals surface area (Å²) < 4.78 is 0. The summed E-state index contributed by atoms with van der Waals surface area (Å²) >= 11 is 1.84. The number of aromatic nitrogens is 1. The molecule has 2 aromatic rings. The molecule has 1 aromatic carbocycles. The molecule has 0 radical (unpaired) electrons. The van der Waals surface area contributed by atoms with Crippen LogP contribution >= 0.6 is 11.3 Å². The molecular weight excluding hydrogens is 264 g/mol. The molecule has 1 atom stereocenters. The van der Waals surface area contributed by atoms with E-state index in [0.717, 1.165) is 13.0 Å². The van der Waals surface area contributed by atoms with Crippen molar-refractivity contribution in [3.8, 4) is 0 Å². The van der Waals surface area contributed by atoms with Crippen molar-refractivity contribution >= 4 is 11.3 Å². The topological polar surface area (TPSA) is 24.9 Å². The molecular formula is C17H24N2S. The Balaban J connectivity index is 2.20. The Bertz CT molecular complexity index is 566. The first-order valence-electron chi connectivity index (χ1n) is 7.26. The number of hydrogen-bond donors (Lipinski definition) is 1. The third kappa shape index (κ3) is 3.68. The van der Waals surface area contributed by atoms with Crippen molar-refractivity contribution in [3.05, 3.63) is 50.5 Å². The fraction of sp³-hybridized carbons (Fsp3) is 0.471. The fourth-order valence-corrected chi connectivity index (χ4v) is 3.82. The summed E-state index contributed by atoms with van der Waals surface area (Å²) in [5, 5.41) is 4.68. The van der Waals surface area contributed by atoms with Crippen LogP contribution in [0.15, 0.2) is 18.2 Å². The maximum absolute atomic E-state index is 4.75. The number of aryl methyl sites for hydroxylation is 3. The molecule has 1 unspecified atom stereocenters. The van der Waals surface area contributed by atoms with Crippen molar-refractivity contribution < 1.29 is 0 Å². The molecule has 2 rings (SSSR count). The highest BCUT2D eigenvalue weighted by Crippen LogP contribution is 2.26. The van der Waals surface area contributed by atoms with Crippen LogP contribution in [0.3, 0.4) is 0 Å². The molecule has 0 aliphatic rings. The molecule has 0 saturated heterocycles. The summed E-state index contributed by atoms with van der Waals surface area (Å²) in [5.41, 5.74) is 5.19. The molecule has 1 N–H and O–H groups in total. The Morgan fingerprint density at radius 2 is 1.80 bits per heavy atom.